The first-order valence-corrected chi connectivity index (χ1v) is 16.3. The minimum absolute atomic E-state index is 0.167. The first-order valence-electron chi connectivity index (χ1n) is 16.3. The van der Waals surface area contributed by atoms with Crippen LogP contribution in [0.1, 0.15) is 34.3 Å². The van der Waals surface area contributed by atoms with Crippen LogP contribution in [-0.2, 0) is 4.74 Å². The fourth-order valence-electron chi connectivity index (χ4n) is 7.49. The highest BCUT2D eigenvalue weighted by atomic mass is 19.1. The van der Waals surface area contributed by atoms with E-state index in [0.717, 1.165) is 54.3 Å². The Bertz CT molecular complexity index is 1670. The molecule has 0 spiro atoms. The zero-order chi connectivity index (χ0) is 31.1. The Morgan fingerprint density at radius 2 is 1.60 bits per heavy atom. The van der Waals surface area contributed by atoms with Gasteiger partial charge in [-0.25, -0.2) is 9.37 Å². The number of likely N-dealkylation sites (tertiary alicyclic amines) is 1. The van der Waals surface area contributed by atoms with E-state index in [0.29, 0.717) is 43.1 Å². The van der Waals surface area contributed by atoms with Gasteiger partial charge >= 0.3 is 0 Å². The third-order valence-electron chi connectivity index (χ3n) is 9.99. The number of aromatic amines is 1. The van der Waals surface area contributed by atoms with Crippen LogP contribution >= 0.6 is 0 Å². The Balaban J connectivity index is 1.11. The number of rotatable bonds is 5. The monoisotopic (exact) mass is 610 g/mol. The lowest BCUT2D eigenvalue weighted by Gasteiger charge is -2.43. The predicted molar refractivity (Wildman–Crippen MR) is 177 cm³/mol. The molecule has 4 aromatic rings. The summed E-state index contributed by atoms with van der Waals surface area (Å²) in [5, 5.41) is 0.850. The summed E-state index contributed by atoms with van der Waals surface area (Å²) in [5.41, 5.74) is 8.19. The molecule has 1 amide bonds. The van der Waals surface area contributed by atoms with Crippen molar-refractivity contribution in [1.29, 1.82) is 0 Å². The van der Waals surface area contributed by atoms with Gasteiger partial charge in [-0.15, -0.1) is 0 Å². The summed E-state index contributed by atoms with van der Waals surface area (Å²) in [4.78, 5) is 30.2. The number of fused-ring (bicyclic) bond motifs is 1. The zero-order valence-corrected chi connectivity index (χ0v) is 26.6. The molecule has 5 heterocycles. The van der Waals surface area contributed by atoms with Gasteiger partial charge in [0.05, 0.1) is 13.2 Å². The van der Waals surface area contributed by atoms with Crippen LogP contribution in [-0.4, -0.2) is 109 Å². The summed E-state index contributed by atoms with van der Waals surface area (Å²) in [5.74, 6) is -0.590. The molecule has 0 saturated carbocycles. The van der Waals surface area contributed by atoms with Crippen molar-refractivity contribution in [2.24, 2.45) is 0 Å². The topological polar surface area (TPSA) is 67.9 Å². The molecule has 45 heavy (non-hydrogen) atoms. The van der Waals surface area contributed by atoms with E-state index < -0.39 is 5.82 Å². The molecule has 236 valence electrons. The number of piperidine rings is 1. The molecule has 3 aliphatic heterocycles. The molecule has 0 aliphatic carbocycles. The molecule has 0 radical (unpaired) electrons. The number of benzene rings is 2. The Morgan fingerprint density at radius 1 is 0.889 bits per heavy atom. The first-order chi connectivity index (χ1) is 21.9. The number of nitrogens with zero attached hydrogens (tertiary/aromatic N) is 5. The summed E-state index contributed by atoms with van der Waals surface area (Å²) >= 11 is 0. The van der Waals surface area contributed by atoms with Gasteiger partial charge in [-0.05, 0) is 93.8 Å². The van der Waals surface area contributed by atoms with Gasteiger partial charge < -0.3 is 24.4 Å². The second kappa shape index (κ2) is 12.5. The molecule has 7 rings (SSSR count). The van der Waals surface area contributed by atoms with Crippen molar-refractivity contribution in [1.82, 2.24) is 24.7 Å². The average Bonchev–Trinajstić information content (AvgIpc) is 3.48. The van der Waals surface area contributed by atoms with Gasteiger partial charge in [0.15, 0.2) is 0 Å². The number of amides is 1. The van der Waals surface area contributed by atoms with E-state index >= 15 is 4.39 Å². The van der Waals surface area contributed by atoms with Crippen molar-refractivity contribution in [3.05, 3.63) is 71.3 Å². The van der Waals surface area contributed by atoms with Gasteiger partial charge in [0, 0.05) is 91.0 Å². The molecule has 0 atom stereocenters. The van der Waals surface area contributed by atoms with Crippen molar-refractivity contribution >= 4 is 22.6 Å². The summed E-state index contributed by atoms with van der Waals surface area (Å²) in [6.07, 6.45) is 6.24. The van der Waals surface area contributed by atoms with Crippen LogP contribution in [0.15, 0.2) is 48.8 Å². The van der Waals surface area contributed by atoms with Gasteiger partial charge in [0.2, 0.25) is 0 Å². The van der Waals surface area contributed by atoms with Crippen molar-refractivity contribution in [2.45, 2.75) is 32.7 Å². The lowest BCUT2D eigenvalue weighted by Crippen LogP contribution is -2.53. The largest absolute Gasteiger partial charge is 0.378 e. The molecule has 3 aliphatic rings. The van der Waals surface area contributed by atoms with Crippen molar-refractivity contribution in [2.75, 3.05) is 77.5 Å². The van der Waals surface area contributed by atoms with E-state index in [1.54, 1.807) is 23.2 Å². The van der Waals surface area contributed by atoms with E-state index in [1.165, 1.54) is 48.8 Å². The number of carbonyl (C=O) groups is 1. The molecule has 2 aromatic carbocycles. The van der Waals surface area contributed by atoms with E-state index in [2.05, 4.69) is 58.8 Å². The fraction of sp³-hybridized carbons (Fsp3) is 0.444. The van der Waals surface area contributed by atoms with Gasteiger partial charge in [0.25, 0.3) is 5.91 Å². The fourth-order valence-corrected chi connectivity index (χ4v) is 7.49. The number of hydrogen-bond acceptors (Lipinski definition) is 6. The number of aromatic nitrogens is 2. The summed E-state index contributed by atoms with van der Waals surface area (Å²) in [7, 11) is 2.23. The number of H-pyrrole nitrogens is 1. The van der Waals surface area contributed by atoms with Crippen molar-refractivity contribution < 1.29 is 13.9 Å². The number of morpholine rings is 1. The van der Waals surface area contributed by atoms with Crippen LogP contribution in [0.3, 0.4) is 0 Å². The van der Waals surface area contributed by atoms with Crippen LogP contribution in [0.2, 0.25) is 0 Å². The van der Waals surface area contributed by atoms with E-state index in [4.69, 9.17) is 9.72 Å². The Labute approximate surface area is 264 Å². The molecule has 0 bridgehead atoms. The number of halogens is 1. The maximum Gasteiger partial charge on any atom is 0.254 e. The smallest absolute Gasteiger partial charge is 0.254 e. The zero-order valence-electron chi connectivity index (χ0n) is 26.6. The minimum Gasteiger partial charge on any atom is -0.378 e. The second-order valence-electron chi connectivity index (χ2n) is 12.9. The molecule has 0 unspecified atom stereocenters. The number of carbonyl (C=O) groups excluding carboxylic acids is 1. The Kier molecular flexibility index (Phi) is 8.33. The summed E-state index contributed by atoms with van der Waals surface area (Å²) < 4.78 is 20.9. The molecule has 3 fully saturated rings. The van der Waals surface area contributed by atoms with Gasteiger partial charge in [0.1, 0.15) is 11.5 Å². The molecular formula is C36H43FN6O2. The maximum absolute atomic E-state index is 15.5. The van der Waals surface area contributed by atoms with Crippen LogP contribution < -0.4 is 4.90 Å². The molecular weight excluding hydrogens is 567 g/mol. The third kappa shape index (κ3) is 5.96. The van der Waals surface area contributed by atoms with Crippen molar-refractivity contribution in [3.8, 4) is 22.3 Å². The summed E-state index contributed by atoms with van der Waals surface area (Å²) in [6, 6.07) is 12.1. The number of nitrogens with one attached hydrogen (secondary N) is 1. The number of aryl methyl sites for hydroxylation is 2. The number of hydrogen-bond donors (Lipinski definition) is 1. The lowest BCUT2D eigenvalue weighted by atomic mass is 9.96. The maximum atomic E-state index is 15.5. The standard InChI is InChI=1S/C36H43FN6O2/c1-24-18-27(19-25(2)34(24)42-12-10-41(11-13-42)29-6-8-40(3)9-7-29)28-20-31-32(23-39-35(31)38-22-28)30-5-4-26(21-33(30)37)36(44)43-14-16-45-17-15-43/h4-5,18-23,29H,6-17H2,1-3H3,(H,38,39). The molecule has 2 aromatic heterocycles. The quantitative estimate of drug-likeness (QED) is 0.329. The molecule has 1 N–H and O–H groups in total. The van der Waals surface area contributed by atoms with E-state index in [9.17, 15) is 4.79 Å². The Hall–Kier alpha value is -3.79. The van der Waals surface area contributed by atoms with Crippen LogP contribution in [0.5, 0.6) is 0 Å². The second-order valence-corrected chi connectivity index (χ2v) is 12.9. The SMILES string of the molecule is Cc1cc(-c2cnc3[nH]cc(-c4ccc(C(=O)N5CCOCC5)cc4F)c3c2)cc(C)c1N1CCN(C2CCN(C)CC2)CC1. The summed E-state index contributed by atoms with van der Waals surface area (Å²) in [6.45, 7) is 13.2. The van der Waals surface area contributed by atoms with Crippen LogP contribution in [0, 0.1) is 19.7 Å². The normalized spacial score (nSPS) is 19.0. The van der Waals surface area contributed by atoms with Gasteiger partial charge in [-0.1, -0.05) is 6.07 Å². The highest BCUT2D eigenvalue weighted by Crippen LogP contribution is 2.36. The third-order valence-corrected chi connectivity index (χ3v) is 9.99. The minimum atomic E-state index is -0.424. The lowest BCUT2D eigenvalue weighted by molar-refractivity contribution is 0.0302. The molecule has 3 saturated heterocycles. The number of anilines is 1. The van der Waals surface area contributed by atoms with Crippen molar-refractivity contribution in [3.63, 3.8) is 0 Å². The average molecular weight is 611 g/mol. The first kappa shape index (κ1) is 29.9. The van der Waals surface area contributed by atoms with E-state index in [-0.39, 0.29) is 5.91 Å². The van der Waals surface area contributed by atoms with E-state index in [1.807, 2.05) is 6.20 Å². The predicted octanol–water partition coefficient (Wildman–Crippen LogP) is 5.34. The molecule has 9 heteroatoms. The number of piperazine rings is 1. The Morgan fingerprint density at radius 3 is 2.29 bits per heavy atom. The van der Waals surface area contributed by atoms with Gasteiger partial charge in [-0.2, -0.15) is 0 Å². The highest BCUT2D eigenvalue weighted by Gasteiger charge is 2.28. The van der Waals surface area contributed by atoms with Crippen LogP contribution in [0.4, 0.5) is 10.1 Å². The number of pyridine rings is 1. The number of ether oxygens (including phenoxy) is 1. The highest BCUT2D eigenvalue weighted by molar-refractivity contribution is 5.98. The van der Waals surface area contributed by atoms with Crippen LogP contribution in [0.25, 0.3) is 33.3 Å². The van der Waals surface area contributed by atoms with Gasteiger partial charge in [-0.3, -0.25) is 9.69 Å². The molecule has 8 nitrogen and oxygen atoms in total.